The van der Waals surface area contributed by atoms with E-state index in [1.165, 1.54) is 57.8 Å². The molecule has 0 amide bonds. The molecule has 0 unspecified atom stereocenters. The summed E-state index contributed by atoms with van der Waals surface area (Å²) in [5.74, 6) is 4.23. The Labute approximate surface area is 199 Å². The molecule has 0 aromatic rings. The van der Waals surface area contributed by atoms with E-state index in [0.29, 0.717) is 27.8 Å². The summed E-state index contributed by atoms with van der Waals surface area (Å²) >= 11 is 0. The molecule has 0 heterocycles. The summed E-state index contributed by atoms with van der Waals surface area (Å²) < 4.78 is 6.03. The standard InChI is InChI=1S/C31H52O/c1-20(2)21-10-13-25-29(21,6)18-19-30(7)23-11-12-24-27(3,4)26(32-9)15-16-28(24,5)22(23)14-17-31(25,30)8/h14,20-21,23-26H,10-13,15-19H2,1-9H3/t21-,23+,24-,25-,26+,28-,29-,30+,31+/m1/s1. The van der Waals surface area contributed by atoms with Crippen LogP contribution in [0.5, 0.6) is 0 Å². The molecule has 0 N–H and O–H groups in total. The number of hydrogen-bond acceptors (Lipinski definition) is 1. The number of rotatable bonds is 2. The normalized spacial score (nSPS) is 54.3. The Morgan fingerprint density at radius 2 is 1.50 bits per heavy atom. The van der Waals surface area contributed by atoms with Crippen LogP contribution in [0.25, 0.3) is 0 Å². The highest BCUT2D eigenvalue weighted by molar-refractivity contribution is 5.33. The molecular weight excluding hydrogens is 388 g/mol. The van der Waals surface area contributed by atoms with E-state index in [4.69, 9.17) is 4.74 Å². The summed E-state index contributed by atoms with van der Waals surface area (Å²) in [6.07, 6.45) is 15.8. The van der Waals surface area contributed by atoms with Crippen molar-refractivity contribution in [1.82, 2.24) is 0 Å². The largest absolute Gasteiger partial charge is 0.381 e. The highest BCUT2D eigenvalue weighted by Gasteiger charge is 2.68. The molecular formula is C31H52O. The van der Waals surface area contributed by atoms with Gasteiger partial charge in [0.25, 0.3) is 0 Å². The van der Waals surface area contributed by atoms with Gasteiger partial charge >= 0.3 is 0 Å². The molecule has 0 bridgehead atoms. The Kier molecular flexibility index (Phi) is 5.21. The molecule has 0 aromatic heterocycles. The summed E-state index contributed by atoms with van der Waals surface area (Å²) in [4.78, 5) is 0. The van der Waals surface area contributed by atoms with E-state index in [-0.39, 0.29) is 5.41 Å². The minimum atomic E-state index is 0.274. The molecule has 5 aliphatic rings. The lowest BCUT2D eigenvalue weighted by Gasteiger charge is -2.69. The second-order valence-corrected chi connectivity index (χ2v) is 14.9. The fraction of sp³-hybridized carbons (Fsp3) is 0.935. The van der Waals surface area contributed by atoms with Crippen molar-refractivity contribution in [2.45, 2.75) is 119 Å². The summed E-state index contributed by atoms with van der Waals surface area (Å²) in [7, 11) is 1.94. The monoisotopic (exact) mass is 440 g/mol. The lowest BCUT2D eigenvalue weighted by Crippen LogP contribution is -2.62. The van der Waals surface area contributed by atoms with Gasteiger partial charge in [0.05, 0.1) is 6.10 Å². The van der Waals surface area contributed by atoms with Crippen LogP contribution in [0.3, 0.4) is 0 Å². The van der Waals surface area contributed by atoms with Gasteiger partial charge in [-0.1, -0.05) is 67.0 Å². The van der Waals surface area contributed by atoms with Crippen LogP contribution in [-0.2, 0) is 4.74 Å². The lowest BCUT2D eigenvalue weighted by atomic mass is 9.35. The quantitative estimate of drug-likeness (QED) is 0.390. The number of allylic oxidation sites excluding steroid dienone is 2. The van der Waals surface area contributed by atoms with Crippen molar-refractivity contribution in [1.29, 1.82) is 0 Å². The van der Waals surface area contributed by atoms with Gasteiger partial charge in [0.2, 0.25) is 0 Å². The van der Waals surface area contributed by atoms with Crippen molar-refractivity contribution in [2.75, 3.05) is 7.11 Å². The molecule has 0 aliphatic heterocycles. The van der Waals surface area contributed by atoms with Crippen LogP contribution < -0.4 is 0 Å². The Hall–Kier alpha value is -0.300. The molecule has 182 valence electrons. The molecule has 4 saturated carbocycles. The van der Waals surface area contributed by atoms with E-state index in [2.05, 4.69) is 61.5 Å². The Morgan fingerprint density at radius 1 is 0.812 bits per heavy atom. The molecule has 0 spiro atoms. The van der Waals surface area contributed by atoms with Gasteiger partial charge < -0.3 is 4.74 Å². The van der Waals surface area contributed by atoms with Crippen LogP contribution in [0.2, 0.25) is 0 Å². The third-order valence-electron chi connectivity index (χ3n) is 13.5. The number of ether oxygens (including phenoxy) is 1. The second kappa shape index (κ2) is 7.11. The maximum absolute atomic E-state index is 6.03. The zero-order chi connectivity index (χ0) is 23.3. The summed E-state index contributed by atoms with van der Waals surface area (Å²) in [5, 5.41) is 0. The van der Waals surface area contributed by atoms with Crippen LogP contribution in [0.15, 0.2) is 11.6 Å². The van der Waals surface area contributed by atoms with Gasteiger partial charge in [-0.3, -0.25) is 0 Å². The van der Waals surface area contributed by atoms with Crippen molar-refractivity contribution in [3.8, 4) is 0 Å². The van der Waals surface area contributed by atoms with Crippen LogP contribution in [0, 0.1) is 56.7 Å². The molecule has 1 nitrogen and oxygen atoms in total. The first-order chi connectivity index (χ1) is 14.9. The van der Waals surface area contributed by atoms with Gasteiger partial charge in [0.15, 0.2) is 0 Å². The van der Waals surface area contributed by atoms with E-state index in [1.54, 1.807) is 0 Å². The van der Waals surface area contributed by atoms with Gasteiger partial charge in [-0.05, 0) is 114 Å². The van der Waals surface area contributed by atoms with Gasteiger partial charge in [0, 0.05) is 7.11 Å². The van der Waals surface area contributed by atoms with Crippen LogP contribution >= 0.6 is 0 Å². The van der Waals surface area contributed by atoms with Gasteiger partial charge in [-0.2, -0.15) is 0 Å². The Bertz CT molecular complexity index is 792. The number of fused-ring (bicyclic) bond motifs is 7. The van der Waals surface area contributed by atoms with Crippen LogP contribution in [0.1, 0.15) is 113 Å². The van der Waals surface area contributed by atoms with Crippen molar-refractivity contribution in [3.63, 3.8) is 0 Å². The fourth-order valence-corrected chi connectivity index (χ4v) is 11.7. The molecule has 5 rings (SSSR count). The summed E-state index contributed by atoms with van der Waals surface area (Å²) in [5.41, 5.74) is 4.05. The van der Waals surface area contributed by atoms with Crippen molar-refractivity contribution in [2.24, 2.45) is 56.7 Å². The highest BCUT2D eigenvalue weighted by Crippen LogP contribution is 2.76. The molecule has 0 aromatic carbocycles. The van der Waals surface area contributed by atoms with E-state index >= 15 is 0 Å². The van der Waals surface area contributed by atoms with Crippen molar-refractivity contribution < 1.29 is 4.74 Å². The van der Waals surface area contributed by atoms with Gasteiger partial charge in [0.1, 0.15) is 0 Å². The van der Waals surface area contributed by atoms with Crippen molar-refractivity contribution in [3.05, 3.63) is 11.6 Å². The molecule has 5 aliphatic carbocycles. The number of hydrogen-bond donors (Lipinski definition) is 0. The molecule has 0 radical (unpaired) electrons. The molecule has 1 heteroatoms. The van der Waals surface area contributed by atoms with Crippen molar-refractivity contribution >= 4 is 0 Å². The summed E-state index contributed by atoms with van der Waals surface area (Å²) in [6, 6.07) is 0. The highest BCUT2D eigenvalue weighted by atomic mass is 16.5. The first kappa shape index (κ1) is 23.4. The predicted octanol–water partition coefficient (Wildman–Crippen LogP) is 8.68. The first-order valence-electron chi connectivity index (χ1n) is 14.1. The van der Waals surface area contributed by atoms with E-state index in [0.717, 1.165) is 29.6 Å². The van der Waals surface area contributed by atoms with Gasteiger partial charge in [-0.15, -0.1) is 0 Å². The molecule has 9 atom stereocenters. The minimum Gasteiger partial charge on any atom is -0.381 e. The van der Waals surface area contributed by atoms with E-state index < -0.39 is 0 Å². The molecule has 4 fully saturated rings. The van der Waals surface area contributed by atoms with Crippen LogP contribution in [0.4, 0.5) is 0 Å². The number of methoxy groups -OCH3 is 1. The third kappa shape index (κ3) is 2.67. The van der Waals surface area contributed by atoms with Gasteiger partial charge in [-0.25, -0.2) is 0 Å². The zero-order valence-corrected chi connectivity index (χ0v) is 22.8. The molecule has 32 heavy (non-hydrogen) atoms. The Balaban J connectivity index is 1.54. The third-order valence-corrected chi connectivity index (χ3v) is 13.5. The maximum atomic E-state index is 6.03. The SMILES string of the molecule is CO[C@H]1CC[C@]2(C)C3=CC[C@@]4(C)[C@@H]5CC[C@H](C(C)C)[C@@]5(C)CC[C@@]4(C)[C@H]3CC[C@@H]2C1(C)C. The van der Waals surface area contributed by atoms with E-state index in [9.17, 15) is 0 Å². The summed E-state index contributed by atoms with van der Waals surface area (Å²) in [6.45, 7) is 20.9. The maximum Gasteiger partial charge on any atom is 0.0625 e. The van der Waals surface area contributed by atoms with Crippen LogP contribution in [-0.4, -0.2) is 13.2 Å². The average molecular weight is 441 g/mol. The molecule has 0 saturated heterocycles. The minimum absolute atomic E-state index is 0.274. The topological polar surface area (TPSA) is 9.23 Å². The first-order valence-corrected chi connectivity index (χ1v) is 14.1. The fourth-order valence-electron chi connectivity index (χ4n) is 11.7. The Morgan fingerprint density at radius 3 is 2.16 bits per heavy atom. The lowest BCUT2D eigenvalue weighted by molar-refractivity contribution is -0.168. The second-order valence-electron chi connectivity index (χ2n) is 14.9. The van der Waals surface area contributed by atoms with E-state index in [1.807, 2.05) is 12.7 Å². The predicted molar refractivity (Wildman–Crippen MR) is 135 cm³/mol. The zero-order valence-electron chi connectivity index (χ0n) is 22.8. The smallest absolute Gasteiger partial charge is 0.0625 e. The average Bonchev–Trinajstić information content (AvgIpc) is 3.08.